The van der Waals surface area contributed by atoms with Crippen molar-refractivity contribution in [3.63, 3.8) is 0 Å². The number of β-lactam (4-membered cyclic amide) rings is 2. The monoisotopic (exact) mass is 1380 g/mol. The number of aromatic carboxylic acids is 1. The number of hydrogen-bond donors (Lipinski definition) is 2. The van der Waals surface area contributed by atoms with Crippen LogP contribution in [0.15, 0.2) is 218 Å². The second-order valence-electron chi connectivity index (χ2n) is 22.2. The summed E-state index contributed by atoms with van der Waals surface area (Å²) in [5.41, 5.74) is 3.89. The molecule has 2 amide bonds. The normalized spacial score (nSPS) is 19.9. The molecule has 4 saturated heterocycles. The van der Waals surface area contributed by atoms with E-state index in [1.807, 2.05) is 121 Å². The number of carbonyl (C=O) groups is 7. The highest BCUT2D eigenvalue weighted by Crippen LogP contribution is 2.56. The second-order valence-corrected chi connectivity index (χ2v) is 25.4. The van der Waals surface area contributed by atoms with E-state index in [0.29, 0.717) is 22.4 Å². The van der Waals surface area contributed by atoms with E-state index >= 15 is 0 Å². The molecule has 28 nitrogen and oxygen atoms in total. The Balaban J connectivity index is 0.000000240. The van der Waals surface area contributed by atoms with Gasteiger partial charge in [-0.2, -0.15) is 0 Å². The van der Waals surface area contributed by atoms with Crippen LogP contribution < -0.4 is 9.47 Å². The Morgan fingerprint density at radius 3 is 1.29 bits per heavy atom. The van der Waals surface area contributed by atoms with Crippen LogP contribution in [-0.4, -0.2) is 127 Å². The van der Waals surface area contributed by atoms with Gasteiger partial charge in [-0.3, -0.25) is 39.8 Å². The zero-order chi connectivity index (χ0) is 71.1. The Bertz CT molecular complexity index is 4310. The van der Waals surface area contributed by atoms with Crippen molar-refractivity contribution in [3.8, 4) is 11.5 Å². The SMILES string of the molecule is C[C@@]1(CO)SC2/C(=C\c3cc(C(=O)O)ccn3)C(=O)N2[C@H]1C(=O)OC(c1ccccc1)c1ccccc1.C[C@@]1(COC(=O)Oc2ccc([N+](=O)[O-])cc2)SC2/C(=C\c3cc(C(=O)Oc4ccc([N+](=O)[O-])cc4)ccn3)C(=O)N2[C@H]1C(=O)OC(c1ccccc1)c1ccccc1.O=O.O=O. The Kier molecular flexibility index (Phi) is 22.7. The number of ether oxygens (including phenoxy) is 5. The number of benzene rings is 6. The smallest absolute Gasteiger partial charge is 0.478 e. The number of aromatic nitrogens is 2. The first-order chi connectivity index (χ1) is 47.7. The number of carboxylic acids is 1. The van der Waals surface area contributed by atoms with Gasteiger partial charge in [-0.1, -0.05) is 121 Å². The fourth-order valence-corrected chi connectivity index (χ4v) is 14.2. The van der Waals surface area contributed by atoms with Gasteiger partial charge in [0, 0.05) is 56.5 Å². The number of nitro groups is 2. The number of nitro benzene ring substituents is 2. The predicted molar refractivity (Wildman–Crippen MR) is 358 cm³/mol. The molecule has 4 aliphatic heterocycles. The summed E-state index contributed by atoms with van der Waals surface area (Å²) in [6.07, 6.45) is 3.05. The van der Waals surface area contributed by atoms with Crippen LogP contribution >= 0.6 is 23.5 Å². The number of pyridine rings is 2. The zero-order valence-electron chi connectivity index (χ0n) is 51.7. The molecular weight excluding hydrogens is 1330 g/mol. The van der Waals surface area contributed by atoms with Crippen LogP contribution in [0.25, 0.3) is 12.2 Å². The number of aliphatic hydroxyl groups excluding tert-OH is 1. The minimum Gasteiger partial charge on any atom is -0.478 e. The summed E-state index contributed by atoms with van der Waals surface area (Å²) < 4.78 is 26.1. The minimum absolute atomic E-state index is 0.0140. The summed E-state index contributed by atoms with van der Waals surface area (Å²) in [6, 6.07) is 49.9. The average Bonchev–Trinajstić information content (AvgIpc) is 1.57. The Morgan fingerprint density at radius 2 is 0.909 bits per heavy atom. The maximum Gasteiger partial charge on any atom is 0.513 e. The quantitative estimate of drug-likeness (QED) is 0.0111. The predicted octanol–water partition coefficient (Wildman–Crippen LogP) is 10.8. The lowest BCUT2D eigenvalue weighted by Crippen LogP contribution is -2.60. The molecule has 2 aromatic heterocycles. The van der Waals surface area contributed by atoms with Crippen LogP contribution in [0.1, 0.15) is 80.4 Å². The Morgan fingerprint density at radius 1 is 0.545 bits per heavy atom. The molecule has 0 spiro atoms. The van der Waals surface area contributed by atoms with E-state index in [1.54, 1.807) is 13.8 Å². The summed E-state index contributed by atoms with van der Waals surface area (Å²) in [5, 5.41) is 40.3. The number of rotatable bonds is 19. The lowest BCUT2D eigenvalue weighted by molar-refractivity contribution is -0.385. The van der Waals surface area contributed by atoms with Gasteiger partial charge in [-0.25, -0.2) is 24.0 Å². The first-order valence-corrected chi connectivity index (χ1v) is 31.2. The van der Waals surface area contributed by atoms with E-state index in [0.717, 1.165) is 23.3 Å². The first-order valence-electron chi connectivity index (χ1n) is 29.4. The molecule has 0 bridgehead atoms. The van der Waals surface area contributed by atoms with Crippen molar-refractivity contribution in [3.05, 3.63) is 303 Å². The van der Waals surface area contributed by atoms with Crippen molar-refractivity contribution in [1.82, 2.24) is 19.8 Å². The molecule has 12 rings (SSSR count). The minimum atomic E-state index is -1.29. The van der Waals surface area contributed by atoms with Gasteiger partial charge in [0.05, 0.1) is 59.6 Å². The summed E-state index contributed by atoms with van der Waals surface area (Å²) >= 11 is 2.48. The number of esters is 3. The molecule has 8 aromatic rings. The second kappa shape index (κ2) is 31.6. The lowest BCUT2D eigenvalue weighted by Gasteiger charge is -2.40. The fraction of sp³-hybridized carbons (Fsp3) is 0.174. The van der Waals surface area contributed by atoms with Crippen molar-refractivity contribution < 1.29 is 77.3 Å². The Labute approximate surface area is 569 Å². The molecule has 2 N–H and O–H groups in total. The third kappa shape index (κ3) is 15.9. The summed E-state index contributed by atoms with van der Waals surface area (Å²) in [4.78, 5) is 152. The van der Waals surface area contributed by atoms with Gasteiger partial charge in [0.25, 0.3) is 23.2 Å². The van der Waals surface area contributed by atoms with Crippen LogP contribution in [0.5, 0.6) is 11.5 Å². The molecule has 4 fully saturated rings. The van der Waals surface area contributed by atoms with Crippen LogP contribution in [-0.2, 0) is 33.4 Å². The number of carboxylic acid groups (broad SMARTS) is 1. The maximum absolute atomic E-state index is 14.4. The number of amides is 2. The molecule has 6 heterocycles. The molecular formula is C69H54N6O22S2. The summed E-state index contributed by atoms with van der Waals surface area (Å²) in [6.45, 7) is 2.62. The van der Waals surface area contributed by atoms with Gasteiger partial charge in [-0.15, -0.1) is 23.5 Å². The van der Waals surface area contributed by atoms with Crippen LogP contribution in [0.4, 0.5) is 16.2 Å². The van der Waals surface area contributed by atoms with Gasteiger partial charge in [0.2, 0.25) is 0 Å². The molecule has 0 aliphatic carbocycles. The number of nitrogens with zero attached hydrogens (tertiary/aromatic N) is 6. The van der Waals surface area contributed by atoms with E-state index in [9.17, 15) is 64.0 Å². The fourth-order valence-electron chi connectivity index (χ4n) is 11.0. The lowest BCUT2D eigenvalue weighted by atomic mass is 9.93. The standard InChI is InChI=1S/C41H30N4O12S.C28H24N2O6S.2O2/c1-41(24-54-40(49)56-32-18-14-30(15-19-32)45(52)53)35(39(48)57-34(25-8-4-2-5-9-25)26-10-6-3-7-11-26)43-36(46)33(37(43)58-41)23-28-22-27(20-21-42-28)38(47)55-31-16-12-29(13-17-31)44(50)51;1-28(16-31)23(27(35)36-22(17-8-4-2-5-9-17)18-10-6-3-7-11-18)30-24(32)21(25(30)37-28)15-20-14-19(26(33)34)12-13-29-20;2*1-2/h2-23,34-35,37H,24H2,1H3;2-15,22-23,25,31H,16H2,1H3,(H,33,34);;/b33-23-;21-15-;;/t35-,37?,41-;23-,25?,28-;;/m00../s1. The number of hydrogen-bond acceptors (Lipinski definition) is 25. The first kappa shape index (κ1) is 71.2. The van der Waals surface area contributed by atoms with E-state index in [4.69, 9.17) is 43.5 Å². The van der Waals surface area contributed by atoms with E-state index in [1.165, 1.54) is 119 Å². The number of thioether (sulfide) groups is 2. The van der Waals surface area contributed by atoms with Gasteiger partial charge >= 0.3 is 30.0 Å². The van der Waals surface area contributed by atoms with Crippen molar-refractivity contribution >= 4 is 88.9 Å². The highest BCUT2D eigenvalue weighted by molar-refractivity contribution is 8.02. The van der Waals surface area contributed by atoms with Crippen LogP contribution in [0, 0.1) is 40.1 Å². The number of non-ortho nitro benzene ring substituents is 2. The van der Waals surface area contributed by atoms with Crippen LogP contribution in [0.2, 0.25) is 0 Å². The third-order valence-corrected chi connectivity index (χ3v) is 18.9. The third-order valence-electron chi connectivity index (χ3n) is 15.7. The van der Waals surface area contributed by atoms with E-state index in [-0.39, 0.29) is 57.8 Å². The molecule has 2 unspecified atom stereocenters. The van der Waals surface area contributed by atoms with E-state index in [2.05, 4.69) is 9.97 Å². The van der Waals surface area contributed by atoms with Crippen molar-refractivity contribution in [1.29, 1.82) is 0 Å². The zero-order valence-corrected chi connectivity index (χ0v) is 53.4. The van der Waals surface area contributed by atoms with Crippen LogP contribution in [0.3, 0.4) is 0 Å². The Hall–Kier alpha value is -12.2. The number of fused-ring (bicyclic) bond motifs is 2. The number of aliphatic hydroxyl groups is 1. The molecule has 4 aliphatic rings. The highest BCUT2D eigenvalue weighted by Gasteiger charge is 2.65. The maximum atomic E-state index is 14.4. The van der Waals surface area contributed by atoms with E-state index < -0.39 is 96.9 Å². The van der Waals surface area contributed by atoms with Gasteiger partial charge in [-0.05, 0) is 96.8 Å². The molecule has 99 heavy (non-hydrogen) atoms. The van der Waals surface area contributed by atoms with Gasteiger partial charge in [0.15, 0.2) is 12.2 Å². The molecule has 30 heteroatoms. The topological polar surface area (TPSA) is 393 Å². The number of carbonyl (C=O) groups excluding carboxylic acids is 6. The van der Waals surface area contributed by atoms with Crippen molar-refractivity contribution in [2.24, 2.45) is 0 Å². The molecule has 6 aromatic carbocycles. The van der Waals surface area contributed by atoms with Gasteiger partial charge in [0.1, 0.15) is 40.9 Å². The highest BCUT2D eigenvalue weighted by atomic mass is 32.2. The molecule has 0 saturated carbocycles. The largest absolute Gasteiger partial charge is 0.513 e. The average molecular weight is 1380 g/mol. The molecule has 0 radical (unpaired) electrons. The van der Waals surface area contributed by atoms with Gasteiger partial charge < -0.3 is 43.7 Å². The molecule has 6 atom stereocenters. The van der Waals surface area contributed by atoms with Crippen molar-refractivity contribution in [2.75, 3.05) is 13.2 Å². The molecule has 504 valence electrons. The van der Waals surface area contributed by atoms with Crippen molar-refractivity contribution in [2.45, 2.75) is 58.4 Å². The summed E-state index contributed by atoms with van der Waals surface area (Å²) in [7, 11) is 0. The summed E-state index contributed by atoms with van der Waals surface area (Å²) in [5.74, 6) is -4.07.